The highest BCUT2D eigenvalue weighted by atomic mass is 19.4. The Morgan fingerprint density at radius 2 is 1.96 bits per heavy atom. The SMILES string of the molecule is Cc1c(C(=O)NCCc2cccc(F)c2)cnn1-c1ccc(C(F)(F)F)cn1. The molecule has 9 heteroatoms. The number of benzene rings is 1. The summed E-state index contributed by atoms with van der Waals surface area (Å²) >= 11 is 0. The second kappa shape index (κ2) is 7.79. The fourth-order valence-corrected chi connectivity index (χ4v) is 2.65. The first-order chi connectivity index (χ1) is 13.3. The molecule has 5 nitrogen and oxygen atoms in total. The van der Waals surface area contributed by atoms with Gasteiger partial charge in [0.15, 0.2) is 5.82 Å². The number of hydrogen-bond acceptors (Lipinski definition) is 3. The molecular weight excluding hydrogens is 376 g/mol. The normalized spacial score (nSPS) is 11.5. The van der Waals surface area contributed by atoms with Crippen molar-refractivity contribution in [2.24, 2.45) is 0 Å². The maximum atomic E-state index is 13.2. The monoisotopic (exact) mass is 392 g/mol. The molecule has 2 aromatic heterocycles. The molecule has 0 bridgehead atoms. The summed E-state index contributed by atoms with van der Waals surface area (Å²) in [5.41, 5.74) is 0.606. The highest BCUT2D eigenvalue weighted by Gasteiger charge is 2.30. The number of hydrogen-bond donors (Lipinski definition) is 1. The first-order valence-corrected chi connectivity index (χ1v) is 8.36. The van der Waals surface area contributed by atoms with Gasteiger partial charge in [0.2, 0.25) is 0 Å². The second-order valence-corrected chi connectivity index (χ2v) is 6.09. The number of pyridine rings is 1. The van der Waals surface area contributed by atoms with Crippen molar-refractivity contribution in [1.82, 2.24) is 20.1 Å². The van der Waals surface area contributed by atoms with Crippen molar-refractivity contribution < 1.29 is 22.4 Å². The van der Waals surface area contributed by atoms with Crippen molar-refractivity contribution in [2.75, 3.05) is 6.54 Å². The summed E-state index contributed by atoms with van der Waals surface area (Å²) in [6.07, 6.45) is -1.98. The van der Waals surface area contributed by atoms with Crippen LogP contribution in [0.1, 0.15) is 27.2 Å². The van der Waals surface area contributed by atoms with E-state index in [4.69, 9.17) is 0 Å². The van der Waals surface area contributed by atoms with Crippen molar-refractivity contribution in [2.45, 2.75) is 19.5 Å². The zero-order valence-electron chi connectivity index (χ0n) is 14.8. The number of aromatic nitrogens is 3. The number of nitrogens with zero attached hydrogens (tertiary/aromatic N) is 3. The largest absolute Gasteiger partial charge is 0.417 e. The highest BCUT2D eigenvalue weighted by Crippen LogP contribution is 2.28. The molecule has 28 heavy (non-hydrogen) atoms. The molecule has 0 saturated carbocycles. The molecule has 0 aliphatic heterocycles. The van der Waals surface area contributed by atoms with Crippen LogP contribution in [0.5, 0.6) is 0 Å². The molecule has 146 valence electrons. The van der Waals surface area contributed by atoms with Crippen molar-refractivity contribution >= 4 is 5.91 Å². The van der Waals surface area contributed by atoms with Gasteiger partial charge in [-0.1, -0.05) is 12.1 Å². The Labute approximate surface area is 158 Å². The smallest absolute Gasteiger partial charge is 0.352 e. The van der Waals surface area contributed by atoms with E-state index in [1.807, 2.05) is 0 Å². The van der Waals surface area contributed by atoms with Crippen LogP contribution in [0.15, 0.2) is 48.8 Å². The Balaban J connectivity index is 1.67. The molecule has 1 aromatic carbocycles. The van der Waals surface area contributed by atoms with Crippen molar-refractivity contribution in [3.63, 3.8) is 0 Å². The minimum atomic E-state index is -4.47. The Kier molecular flexibility index (Phi) is 5.43. The van der Waals surface area contributed by atoms with Crippen LogP contribution in [0.2, 0.25) is 0 Å². The Morgan fingerprint density at radius 3 is 2.61 bits per heavy atom. The van der Waals surface area contributed by atoms with Crippen LogP contribution in [-0.4, -0.2) is 27.2 Å². The lowest BCUT2D eigenvalue weighted by atomic mass is 10.1. The minimum absolute atomic E-state index is 0.171. The molecule has 3 aromatic rings. The summed E-state index contributed by atoms with van der Waals surface area (Å²) in [5.74, 6) is -0.554. The van der Waals surface area contributed by atoms with Gasteiger partial charge in [-0.05, 0) is 43.2 Å². The van der Waals surface area contributed by atoms with Crippen LogP contribution in [0.4, 0.5) is 17.6 Å². The lowest BCUT2D eigenvalue weighted by Gasteiger charge is -2.08. The quantitative estimate of drug-likeness (QED) is 0.674. The Bertz CT molecular complexity index is 980. The van der Waals surface area contributed by atoms with Gasteiger partial charge in [0.25, 0.3) is 5.91 Å². The van der Waals surface area contributed by atoms with Crippen LogP contribution in [0.3, 0.4) is 0 Å². The van der Waals surface area contributed by atoms with Gasteiger partial charge < -0.3 is 5.32 Å². The third-order valence-corrected chi connectivity index (χ3v) is 4.13. The van der Waals surface area contributed by atoms with Gasteiger partial charge in [0.05, 0.1) is 23.0 Å². The van der Waals surface area contributed by atoms with Crippen molar-refractivity contribution in [1.29, 1.82) is 0 Å². The molecule has 0 aliphatic rings. The molecule has 0 radical (unpaired) electrons. The van der Waals surface area contributed by atoms with Gasteiger partial charge in [0.1, 0.15) is 5.82 Å². The Hall–Kier alpha value is -3.23. The van der Waals surface area contributed by atoms with Crippen LogP contribution in [0.25, 0.3) is 5.82 Å². The number of amides is 1. The van der Waals surface area contributed by atoms with Gasteiger partial charge in [-0.2, -0.15) is 18.3 Å². The van der Waals surface area contributed by atoms with E-state index in [0.717, 1.165) is 17.8 Å². The van der Waals surface area contributed by atoms with E-state index in [1.54, 1.807) is 19.1 Å². The lowest BCUT2D eigenvalue weighted by molar-refractivity contribution is -0.137. The van der Waals surface area contributed by atoms with E-state index < -0.39 is 11.7 Å². The van der Waals surface area contributed by atoms with E-state index in [9.17, 15) is 22.4 Å². The maximum Gasteiger partial charge on any atom is 0.417 e. The molecule has 0 unspecified atom stereocenters. The lowest BCUT2D eigenvalue weighted by Crippen LogP contribution is -2.26. The number of nitrogens with one attached hydrogen (secondary N) is 1. The number of carbonyl (C=O) groups excluding carboxylic acids is 1. The zero-order valence-corrected chi connectivity index (χ0v) is 14.8. The van der Waals surface area contributed by atoms with E-state index in [-0.39, 0.29) is 23.1 Å². The van der Waals surface area contributed by atoms with E-state index >= 15 is 0 Å². The van der Waals surface area contributed by atoms with Crippen LogP contribution >= 0.6 is 0 Å². The topological polar surface area (TPSA) is 59.8 Å². The molecule has 0 aliphatic carbocycles. The fourth-order valence-electron chi connectivity index (χ4n) is 2.65. The third-order valence-electron chi connectivity index (χ3n) is 4.13. The summed E-state index contributed by atoms with van der Waals surface area (Å²) < 4.78 is 52.4. The first kappa shape index (κ1) is 19.5. The Morgan fingerprint density at radius 1 is 1.18 bits per heavy atom. The summed E-state index contributed by atoms with van der Waals surface area (Å²) in [4.78, 5) is 16.1. The molecule has 1 amide bonds. The van der Waals surface area contributed by atoms with E-state index in [1.165, 1.54) is 29.1 Å². The summed E-state index contributed by atoms with van der Waals surface area (Å²) in [6, 6.07) is 8.18. The molecule has 0 atom stereocenters. The molecule has 2 heterocycles. The minimum Gasteiger partial charge on any atom is -0.352 e. The molecule has 0 saturated heterocycles. The van der Waals surface area contributed by atoms with Gasteiger partial charge >= 0.3 is 6.18 Å². The van der Waals surface area contributed by atoms with E-state index in [2.05, 4.69) is 15.4 Å². The molecule has 0 fully saturated rings. The summed E-state index contributed by atoms with van der Waals surface area (Å²) in [5, 5.41) is 6.76. The van der Waals surface area contributed by atoms with Gasteiger partial charge in [-0.25, -0.2) is 14.1 Å². The second-order valence-electron chi connectivity index (χ2n) is 6.09. The summed E-state index contributed by atoms with van der Waals surface area (Å²) in [6.45, 7) is 1.92. The number of carbonyl (C=O) groups is 1. The maximum absolute atomic E-state index is 13.2. The first-order valence-electron chi connectivity index (χ1n) is 8.36. The van der Waals surface area contributed by atoms with Gasteiger partial charge in [-0.15, -0.1) is 0 Å². The number of alkyl halides is 3. The molecule has 3 rings (SSSR count). The van der Waals surface area contributed by atoms with Gasteiger partial charge in [-0.3, -0.25) is 4.79 Å². The molecule has 1 N–H and O–H groups in total. The van der Waals surface area contributed by atoms with E-state index in [0.29, 0.717) is 18.7 Å². The standard InChI is InChI=1S/C19H16F4N4O/c1-12-16(18(28)24-8-7-13-3-2-4-15(20)9-13)11-26-27(12)17-6-5-14(10-25-17)19(21,22)23/h2-6,9-11H,7-8H2,1H3,(H,24,28). The molecule has 0 spiro atoms. The average molecular weight is 392 g/mol. The predicted octanol–water partition coefficient (Wildman–Crippen LogP) is 3.71. The average Bonchev–Trinajstić information content (AvgIpc) is 3.02. The third kappa shape index (κ3) is 4.36. The van der Waals surface area contributed by atoms with Crippen molar-refractivity contribution in [3.05, 3.63) is 77.0 Å². The number of rotatable bonds is 5. The van der Waals surface area contributed by atoms with Crippen molar-refractivity contribution in [3.8, 4) is 5.82 Å². The van der Waals surface area contributed by atoms with Crippen LogP contribution in [0, 0.1) is 12.7 Å². The summed E-state index contributed by atoms with van der Waals surface area (Å²) in [7, 11) is 0. The van der Waals surface area contributed by atoms with Crippen LogP contribution in [-0.2, 0) is 12.6 Å². The highest BCUT2D eigenvalue weighted by molar-refractivity contribution is 5.95. The number of halogens is 4. The molecular formula is C19H16F4N4O. The predicted molar refractivity (Wildman–Crippen MR) is 93.5 cm³/mol. The fraction of sp³-hybridized carbons (Fsp3) is 0.211. The van der Waals surface area contributed by atoms with Crippen LogP contribution < -0.4 is 5.32 Å². The van der Waals surface area contributed by atoms with Gasteiger partial charge in [0, 0.05) is 12.7 Å². The zero-order chi connectivity index (χ0) is 20.3.